The number of nitrogens with one attached hydrogen (secondary N) is 1. The van der Waals surface area contributed by atoms with E-state index in [0.29, 0.717) is 5.91 Å². The van der Waals surface area contributed by atoms with Crippen LogP contribution in [0.2, 0.25) is 0 Å². The SMILES string of the molecule is CC[NH+](CC)CCN1C(=O)CCCCc2sc3c(c21)CCCC3. The fourth-order valence-electron chi connectivity index (χ4n) is 4.02. The lowest BCUT2D eigenvalue weighted by molar-refractivity contribution is -0.894. The molecule has 0 spiro atoms. The summed E-state index contributed by atoms with van der Waals surface area (Å²) in [6.07, 6.45) is 9.16. The number of rotatable bonds is 5. The van der Waals surface area contributed by atoms with Crippen LogP contribution in [0.25, 0.3) is 0 Å². The first-order chi connectivity index (χ1) is 11.2. The van der Waals surface area contributed by atoms with E-state index in [1.165, 1.54) is 54.7 Å². The molecule has 1 aromatic rings. The van der Waals surface area contributed by atoms with Gasteiger partial charge < -0.3 is 9.80 Å². The number of fused-ring (bicyclic) bond motifs is 3. The van der Waals surface area contributed by atoms with Gasteiger partial charge in [0.25, 0.3) is 0 Å². The number of hydrogen-bond acceptors (Lipinski definition) is 2. The maximum absolute atomic E-state index is 12.8. The van der Waals surface area contributed by atoms with Crippen LogP contribution in [-0.2, 0) is 24.1 Å². The minimum Gasteiger partial charge on any atom is -0.334 e. The van der Waals surface area contributed by atoms with Crippen LogP contribution in [0.15, 0.2) is 0 Å². The van der Waals surface area contributed by atoms with Crippen molar-refractivity contribution in [2.24, 2.45) is 0 Å². The summed E-state index contributed by atoms with van der Waals surface area (Å²) in [6, 6.07) is 0. The molecule has 0 aromatic carbocycles. The van der Waals surface area contributed by atoms with Gasteiger partial charge in [-0.3, -0.25) is 4.79 Å². The van der Waals surface area contributed by atoms with Crippen LogP contribution in [0.5, 0.6) is 0 Å². The molecule has 1 N–H and O–H groups in total. The molecule has 0 atom stereocenters. The van der Waals surface area contributed by atoms with E-state index in [1.807, 2.05) is 11.3 Å². The Hall–Kier alpha value is -0.870. The number of anilines is 1. The molecule has 2 heterocycles. The molecule has 1 amide bonds. The molecule has 3 rings (SSSR count). The third kappa shape index (κ3) is 3.63. The average molecular weight is 336 g/mol. The lowest BCUT2D eigenvalue weighted by atomic mass is 9.95. The first-order valence-electron chi connectivity index (χ1n) is 9.51. The van der Waals surface area contributed by atoms with Crippen molar-refractivity contribution in [1.29, 1.82) is 0 Å². The molecule has 1 aliphatic carbocycles. The monoisotopic (exact) mass is 335 g/mol. The number of nitrogens with zero attached hydrogens (tertiary/aromatic N) is 1. The molecule has 0 fully saturated rings. The van der Waals surface area contributed by atoms with Crippen molar-refractivity contribution in [2.75, 3.05) is 31.1 Å². The van der Waals surface area contributed by atoms with Crippen LogP contribution in [-0.4, -0.2) is 32.1 Å². The lowest BCUT2D eigenvalue weighted by Gasteiger charge is -2.29. The fourth-order valence-corrected chi connectivity index (χ4v) is 5.46. The zero-order valence-corrected chi connectivity index (χ0v) is 15.6. The number of quaternary nitrogens is 1. The summed E-state index contributed by atoms with van der Waals surface area (Å²) in [7, 11) is 0. The van der Waals surface area contributed by atoms with E-state index in [2.05, 4.69) is 18.7 Å². The third-order valence-corrected chi connectivity index (χ3v) is 6.86. The van der Waals surface area contributed by atoms with E-state index in [4.69, 9.17) is 0 Å². The molecule has 1 aliphatic heterocycles. The Labute approximate surface area is 144 Å². The highest BCUT2D eigenvalue weighted by molar-refractivity contribution is 7.12. The summed E-state index contributed by atoms with van der Waals surface area (Å²) in [5.74, 6) is 0.365. The van der Waals surface area contributed by atoms with Gasteiger partial charge in [0, 0.05) is 16.2 Å². The van der Waals surface area contributed by atoms with Crippen molar-refractivity contribution in [3.8, 4) is 0 Å². The van der Waals surface area contributed by atoms with Gasteiger partial charge in [0.2, 0.25) is 5.91 Å². The quantitative estimate of drug-likeness (QED) is 0.879. The van der Waals surface area contributed by atoms with Gasteiger partial charge in [-0.1, -0.05) is 0 Å². The Morgan fingerprint density at radius 3 is 2.35 bits per heavy atom. The van der Waals surface area contributed by atoms with Gasteiger partial charge in [-0.2, -0.15) is 0 Å². The van der Waals surface area contributed by atoms with E-state index >= 15 is 0 Å². The number of amides is 1. The molecular formula is C19H31N2OS+. The van der Waals surface area contributed by atoms with E-state index in [0.717, 1.165) is 39.0 Å². The fraction of sp³-hybridized carbons (Fsp3) is 0.737. The summed E-state index contributed by atoms with van der Waals surface area (Å²) in [4.78, 5) is 19.7. The van der Waals surface area contributed by atoms with Gasteiger partial charge in [-0.25, -0.2) is 0 Å². The topological polar surface area (TPSA) is 24.8 Å². The van der Waals surface area contributed by atoms with Gasteiger partial charge in [0.15, 0.2) is 0 Å². The second-order valence-corrected chi connectivity index (χ2v) is 8.13. The standard InChI is InChI=1S/C19H30N2OS/c1-3-20(4-2)13-14-21-18(22)12-8-7-11-17-19(21)15-9-5-6-10-16(15)23-17/h3-14H2,1-2H3/p+1. The number of aryl methyl sites for hydroxylation is 2. The molecule has 4 heteroatoms. The van der Waals surface area contributed by atoms with Gasteiger partial charge >= 0.3 is 0 Å². The molecule has 0 saturated carbocycles. The van der Waals surface area contributed by atoms with Crippen molar-refractivity contribution >= 4 is 22.9 Å². The van der Waals surface area contributed by atoms with Crippen LogP contribution in [0.1, 0.15) is 61.3 Å². The number of likely N-dealkylation sites (N-methyl/N-ethyl adjacent to an activating group) is 1. The van der Waals surface area contributed by atoms with Crippen molar-refractivity contribution < 1.29 is 9.69 Å². The summed E-state index contributed by atoms with van der Waals surface area (Å²) in [5, 5.41) is 0. The Balaban J connectivity index is 1.90. The van der Waals surface area contributed by atoms with Crippen molar-refractivity contribution in [2.45, 2.75) is 65.2 Å². The molecule has 23 heavy (non-hydrogen) atoms. The van der Waals surface area contributed by atoms with Crippen LogP contribution in [0, 0.1) is 0 Å². The van der Waals surface area contributed by atoms with Crippen LogP contribution in [0.3, 0.4) is 0 Å². The Morgan fingerprint density at radius 2 is 1.61 bits per heavy atom. The Bertz CT molecular complexity index is 548. The first kappa shape index (κ1) is 17.0. The molecule has 0 radical (unpaired) electrons. The zero-order valence-electron chi connectivity index (χ0n) is 14.7. The minimum atomic E-state index is 0.365. The number of thiophene rings is 1. The smallest absolute Gasteiger partial charge is 0.227 e. The predicted molar refractivity (Wildman–Crippen MR) is 97.8 cm³/mol. The highest BCUT2D eigenvalue weighted by Crippen LogP contribution is 2.42. The molecule has 0 unspecified atom stereocenters. The molecule has 2 aliphatic rings. The summed E-state index contributed by atoms with van der Waals surface area (Å²) in [5.41, 5.74) is 2.88. The molecule has 0 bridgehead atoms. The largest absolute Gasteiger partial charge is 0.334 e. The second kappa shape index (κ2) is 7.80. The zero-order chi connectivity index (χ0) is 16.2. The summed E-state index contributed by atoms with van der Waals surface area (Å²) < 4.78 is 0. The first-order valence-corrected chi connectivity index (χ1v) is 10.3. The number of carbonyl (C=O) groups excluding carboxylic acids is 1. The van der Waals surface area contributed by atoms with Gasteiger partial charge in [-0.05, 0) is 64.4 Å². The summed E-state index contributed by atoms with van der Waals surface area (Å²) in [6.45, 7) is 8.74. The Kier molecular flexibility index (Phi) is 5.76. The molecule has 128 valence electrons. The predicted octanol–water partition coefficient (Wildman–Crippen LogP) is 2.61. The van der Waals surface area contributed by atoms with Crippen LogP contribution < -0.4 is 9.80 Å². The number of hydrogen-bond donors (Lipinski definition) is 1. The second-order valence-electron chi connectivity index (χ2n) is 6.94. The van der Waals surface area contributed by atoms with Crippen molar-refractivity contribution in [3.63, 3.8) is 0 Å². The van der Waals surface area contributed by atoms with E-state index in [1.54, 1.807) is 9.78 Å². The normalized spacial score (nSPS) is 18.6. The van der Waals surface area contributed by atoms with Gasteiger partial charge in [0.1, 0.15) is 0 Å². The average Bonchev–Trinajstić information content (AvgIpc) is 2.92. The van der Waals surface area contributed by atoms with E-state index < -0.39 is 0 Å². The number of carbonyl (C=O) groups is 1. The summed E-state index contributed by atoms with van der Waals surface area (Å²) >= 11 is 2.01. The van der Waals surface area contributed by atoms with Crippen LogP contribution in [0.4, 0.5) is 5.69 Å². The van der Waals surface area contributed by atoms with Gasteiger partial charge in [0.05, 0.1) is 31.9 Å². The molecular weight excluding hydrogens is 304 g/mol. The third-order valence-electron chi connectivity index (χ3n) is 5.52. The van der Waals surface area contributed by atoms with Crippen molar-refractivity contribution in [1.82, 2.24) is 0 Å². The molecule has 0 saturated heterocycles. The van der Waals surface area contributed by atoms with Crippen molar-refractivity contribution in [3.05, 3.63) is 15.3 Å². The molecule has 3 nitrogen and oxygen atoms in total. The highest BCUT2D eigenvalue weighted by atomic mass is 32.1. The van der Waals surface area contributed by atoms with Gasteiger partial charge in [-0.15, -0.1) is 11.3 Å². The lowest BCUT2D eigenvalue weighted by Crippen LogP contribution is -3.12. The Morgan fingerprint density at radius 1 is 0.957 bits per heavy atom. The van der Waals surface area contributed by atoms with Crippen LogP contribution >= 0.6 is 11.3 Å². The maximum Gasteiger partial charge on any atom is 0.227 e. The van der Waals surface area contributed by atoms with E-state index in [-0.39, 0.29) is 0 Å². The maximum atomic E-state index is 12.8. The minimum absolute atomic E-state index is 0.365. The molecule has 1 aromatic heterocycles. The highest BCUT2D eigenvalue weighted by Gasteiger charge is 2.29. The van der Waals surface area contributed by atoms with E-state index in [9.17, 15) is 4.79 Å².